The molecule has 0 aromatic carbocycles. The van der Waals surface area contributed by atoms with Gasteiger partial charge in [-0.05, 0) is 12.1 Å². The Morgan fingerprint density at radius 1 is 1.17 bits per heavy atom. The van der Waals surface area contributed by atoms with Gasteiger partial charge in [0.05, 0.1) is 24.5 Å². The third kappa shape index (κ3) is 2.90. The van der Waals surface area contributed by atoms with E-state index in [2.05, 4.69) is 24.8 Å². The summed E-state index contributed by atoms with van der Waals surface area (Å²) < 4.78 is 4.02. The zero-order chi connectivity index (χ0) is 16.4. The van der Waals surface area contributed by atoms with Crippen molar-refractivity contribution in [1.29, 1.82) is 0 Å². The van der Waals surface area contributed by atoms with Crippen molar-refractivity contribution < 1.29 is 4.79 Å². The number of fused-ring (bicyclic) bond motifs is 1. The number of hydrogen-bond acceptors (Lipinski definition) is 5. The summed E-state index contributed by atoms with van der Waals surface area (Å²) in [6.45, 7) is 2.70. The van der Waals surface area contributed by atoms with Crippen LogP contribution in [0.3, 0.4) is 0 Å². The van der Waals surface area contributed by atoms with E-state index < -0.39 is 0 Å². The van der Waals surface area contributed by atoms with E-state index in [0.29, 0.717) is 18.7 Å². The minimum atomic E-state index is -0.0492. The number of rotatable bonds is 3. The fourth-order valence-electron chi connectivity index (χ4n) is 3.08. The zero-order valence-corrected chi connectivity index (χ0v) is 13.1. The number of carbonyl (C=O) groups excluding carboxylic acids is 1. The molecule has 1 aliphatic heterocycles. The molecule has 4 rings (SSSR count). The minimum absolute atomic E-state index is 0.0492. The topological polar surface area (TPSA) is 81.7 Å². The summed E-state index contributed by atoms with van der Waals surface area (Å²) in [4.78, 5) is 19.1. The summed E-state index contributed by atoms with van der Waals surface area (Å²) >= 11 is 0. The fourth-order valence-corrected chi connectivity index (χ4v) is 3.08. The Hall–Kier alpha value is -3.03. The van der Waals surface area contributed by atoms with E-state index in [9.17, 15) is 4.79 Å². The van der Waals surface area contributed by atoms with E-state index >= 15 is 0 Å². The van der Waals surface area contributed by atoms with Gasteiger partial charge in [-0.15, -0.1) is 0 Å². The molecule has 4 heterocycles. The van der Waals surface area contributed by atoms with Gasteiger partial charge in [-0.3, -0.25) is 9.48 Å². The Morgan fingerprint density at radius 3 is 2.92 bits per heavy atom. The first-order valence-corrected chi connectivity index (χ1v) is 7.83. The van der Waals surface area contributed by atoms with Gasteiger partial charge in [-0.2, -0.15) is 15.3 Å². The van der Waals surface area contributed by atoms with Gasteiger partial charge in [0.2, 0.25) is 0 Å². The van der Waals surface area contributed by atoms with Gasteiger partial charge in [-0.1, -0.05) is 0 Å². The van der Waals surface area contributed by atoms with Crippen LogP contribution in [0.5, 0.6) is 0 Å². The predicted molar refractivity (Wildman–Crippen MR) is 84.7 cm³/mol. The minimum Gasteiger partial charge on any atom is -0.333 e. The highest BCUT2D eigenvalue weighted by atomic mass is 16.2. The van der Waals surface area contributed by atoms with Gasteiger partial charge in [0.25, 0.3) is 5.91 Å². The number of carbonyl (C=O) groups is 1. The number of aromatic nitrogens is 6. The Bertz CT molecular complexity index is 812. The highest BCUT2D eigenvalue weighted by Crippen LogP contribution is 2.18. The molecule has 0 saturated carbocycles. The normalized spacial score (nSPS) is 17.3. The van der Waals surface area contributed by atoms with E-state index in [1.807, 2.05) is 28.0 Å². The first-order valence-electron chi connectivity index (χ1n) is 7.83. The lowest BCUT2D eigenvalue weighted by molar-refractivity contribution is 0.0712. The average molecular weight is 323 g/mol. The fraction of sp³-hybridized carbons (Fsp3) is 0.312. The molecule has 0 aliphatic carbocycles. The molecule has 8 nitrogen and oxygen atoms in total. The van der Waals surface area contributed by atoms with Crippen LogP contribution in [0.1, 0.15) is 16.2 Å². The van der Waals surface area contributed by atoms with Gasteiger partial charge >= 0.3 is 0 Å². The number of hydrogen-bond donors (Lipinski definition) is 0. The molecule has 8 heteroatoms. The third-order valence-corrected chi connectivity index (χ3v) is 4.19. The van der Waals surface area contributed by atoms with Crippen LogP contribution in [-0.4, -0.2) is 46.9 Å². The van der Waals surface area contributed by atoms with Crippen LogP contribution in [0.15, 0.2) is 49.3 Å². The van der Waals surface area contributed by atoms with Crippen molar-refractivity contribution in [3.05, 3.63) is 60.7 Å². The summed E-state index contributed by atoms with van der Waals surface area (Å²) in [6.07, 6.45) is 10.5. The van der Waals surface area contributed by atoms with E-state index in [-0.39, 0.29) is 11.8 Å². The van der Waals surface area contributed by atoms with Crippen LogP contribution in [-0.2, 0) is 19.6 Å². The molecule has 0 bridgehead atoms. The predicted octanol–water partition coefficient (Wildman–Crippen LogP) is 0.842. The van der Waals surface area contributed by atoms with Crippen molar-refractivity contribution in [2.45, 2.75) is 19.6 Å². The molecule has 0 N–H and O–H groups in total. The molecule has 1 amide bonds. The lowest BCUT2D eigenvalue weighted by Crippen LogP contribution is -2.35. The molecular formula is C16H17N7O. The van der Waals surface area contributed by atoms with Gasteiger partial charge in [-0.25, -0.2) is 4.98 Å². The molecule has 0 spiro atoms. The van der Waals surface area contributed by atoms with Crippen LogP contribution in [0.2, 0.25) is 0 Å². The molecule has 3 aromatic heterocycles. The number of imidazole rings is 1. The maximum absolute atomic E-state index is 12.8. The van der Waals surface area contributed by atoms with E-state index in [1.54, 1.807) is 18.5 Å². The molecule has 0 fully saturated rings. The lowest BCUT2D eigenvalue weighted by atomic mass is 10.1. The van der Waals surface area contributed by atoms with Crippen molar-refractivity contribution in [3.63, 3.8) is 0 Å². The van der Waals surface area contributed by atoms with Crippen LogP contribution in [0.4, 0.5) is 0 Å². The molecule has 1 unspecified atom stereocenters. The molecular weight excluding hydrogens is 306 g/mol. The van der Waals surface area contributed by atoms with E-state index in [4.69, 9.17) is 0 Å². The highest BCUT2D eigenvalue weighted by Gasteiger charge is 2.26. The first kappa shape index (κ1) is 14.6. The average Bonchev–Trinajstić information content (AvgIpc) is 3.24. The lowest BCUT2D eigenvalue weighted by Gasteiger charge is -2.24. The highest BCUT2D eigenvalue weighted by molar-refractivity contribution is 5.93. The second kappa shape index (κ2) is 6.23. The molecule has 0 radical (unpaired) electrons. The molecule has 1 aliphatic rings. The zero-order valence-electron chi connectivity index (χ0n) is 13.1. The summed E-state index contributed by atoms with van der Waals surface area (Å²) in [5, 5.41) is 11.8. The SMILES string of the molecule is O=C(c1ccnnc1)N1Cc2nccn2CC(Cn2cccn2)C1. The van der Waals surface area contributed by atoms with Crippen LogP contribution < -0.4 is 0 Å². The first-order chi connectivity index (χ1) is 11.8. The summed E-state index contributed by atoms with van der Waals surface area (Å²) in [7, 11) is 0. The molecule has 1 atom stereocenters. The summed E-state index contributed by atoms with van der Waals surface area (Å²) in [5.74, 6) is 1.10. The molecule has 3 aromatic rings. The van der Waals surface area contributed by atoms with Crippen LogP contribution in [0.25, 0.3) is 0 Å². The van der Waals surface area contributed by atoms with Crippen LogP contribution in [0, 0.1) is 5.92 Å². The van der Waals surface area contributed by atoms with Gasteiger partial charge < -0.3 is 9.47 Å². The van der Waals surface area contributed by atoms with Crippen molar-refractivity contribution in [2.75, 3.05) is 6.54 Å². The van der Waals surface area contributed by atoms with Gasteiger partial charge in [0.1, 0.15) is 5.82 Å². The maximum atomic E-state index is 12.8. The van der Waals surface area contributed by atoms with Gasteiger partial charge in [0, 0.05) is 50.3 Å². The second-order valence-electron chi connectivity index (χ2n) is 5.91. The largest absolute Gasteiger partial charge is 0.333 e. The Labute approximate surface area is 138 Å². The van der Waals surface area contributed by atoms with Crippen molar-refractivity contribution in [1.82, 2.24) is 34.4 Å². The smallest absolute Gasteiger partial charge is 0.255 e. The summed E-state index contributed by atoms with van der Waals surface area (Å²) in [5.41, 5.74) is 0.544. The molecule has 24 heavy (non-hydrogen) atoms. The maximum Gasteiger partial charge on any atom is 0.255 e. The van der Waals surface area contributed by atoms with Crippen molar-refractivity contribution in [3.8, 4) is 0 Å². The number of amides is 1. The molecule has 122 valence electrons. The Balaban J connectivity index is 1.60. The Morgan fingerprint density at radius 2 is 2.12 bits per heavy atom. The van der Waals surface area contributed by atoms with Crippen molar-refractivity contribution >= 4 is 5.91 Å². The van der Waals surface area contributed by atoms with E-state index in [1.165, 1.54) is 12.4 Å². The standard InChI is InChI=1S/C16H17N7O/c24-16(14-2-4-18-19-8-14)22-10-13(11-23-6-1-3-20-23)9-21-7-5-17-15(21)12-22/h1-8,13H,9-12H2. The quantitative estimate of drug-likeness (QED) is 0.713. The molecule has 0 saturated heterocycles. The van der Waals surface area contributed by atoms with Gasteiger partial charge in [0.15, 0.2) is 0 Å². The number of nitrogens with zero attached hydrogens (tertiary/aromatic N) is 7. The monoisotopic (exact) mass is 323 g/mol. The van der Waals surface area contributed by atoms with E-state index in [0.717, 1.165) is 18.9 Å². The van der Waals surface area contributed by atoms with Crippen molar-refractivity contribution in [2.24, 2.45) is 5.92 Å². The third-order valence-electron chi connectivity index (χ3n) is 4.19. The Kier molecular flexibility index (Phi) is 3.78. The second-order valence-corrected chi connectivity index (χ2v) is 5.91. The van der Waals surface area contributed by atoms with Crippen LogP contribution >= 0.6 is 0 Å². The summed E-state index contributed by atoms with van der Waals surface area (Å²) in [6, 6.07) is 3.60.